The minimum atomic E-state index is -0.880. The van der Waals surface area contributed by atoms with Crippen LogP contribution in [0.5, 0.6) is 0 Å². The number of hydrogen-bond acceptors (Lipinski definition) is 5. The van der Waals surface area contributed by atoms with Gasteiger partial charge >= 0.3 is 5.97 Å². The summed E-state index contributed by atoms with van der Waals surface area (Å²) in [7, 11) is 0. The lowest BCUT2D eigenvalue weighted by atomic mass is 10.1. The molecule has 0 aliphatic heterocycles. The lowest BCUT2D eigenvalue weighted by molar-refractivity contribution is -0.137. The topological polar surface area (TPSA) is 61.1 Å². The van der Waals surface area contributed by atoms with Gasteiger partial charge in [-0.25, -0.2) is 0 Å². The number of rotatable bonds is 6. The number of aliphatic carboxylic acids is 1. The number of thioether (sulfide) groups is 2. The zero-order valence-electron chi connectivity index (χ0n) is 9.36. The van der Waals surface area contributed by atoms with Crippen molar-refractivity contribution in [3.05, 3.63) is 0 Å². The Morgan fingerprint density at radius 2 is 2.25 bits per heavy atom. The van der Waals surface area contributed by atoms with E-state index in [0.29, 0.717) is 6.42 Å². The third-order valence-corrected chi connectivity index (χ3v) is 4.75. The van der Waals surface area contributed by atoms with E-state index in [1.807, 2.05) is 0 Å². The molecule has 0 rings (SSSR count). The van der Waals surface area contributed by atoms with Gasteiger partial charge in [-0.2, -0.15) is 5.26 Å². The van der Waals surface area contributed by atoms with Crippen LogP contribution in [0.25, 0.3) is 0 Å². The van der Waals surface area contributed by atoms with Crippen molar-refractivity contribution in [2.75, 3.05) is 5.75 Å². The predicted molar refractivity (Wildman–Crippen MR) is 73.8 cm³/mol. The fourth-order valence-corrected chi connectivity index (χ4v) is 3.70. The highest BCUT2D eigenvalue weighted by Crippen LogP contribution is 2.34. The van der Waals surface area contributed by atoms with E-state index in [4.69, 9.17) is 22.6 Å². The van der Waals surface area contributed by atoms with Gasteiger partial charge in [-0.15, -0.1) is 11.8 Å². The Hall–Kier alpha value is -0.250. The average molecular weight is 277 g/mol. The van der Waals surface area contributed by atoms with Crippen molar-refractivity contribution in [3.63, 3.8) is 0 Å². The number of nitrogens with zero attached hydrogens (tertiary/aromatic N) is 1. The molecule has 0 heterocycles. The molecule has 0 amide bonds. The fourth-order valence-electron chi connectivity index (χ4n) is 0.874. The van der Waals surface area contributed by atoms with Crippen molar-refractivity contribution in [2.45, 2.75) is 37.9 Å². The molecule has 0 aliphatic carbocycles. The van der Waals surface area contributed by atoms with Crippen molar-refractivity contribution in [3.8, 4) is 6.07 Å². The van der Waals surface area contributed by atoms with Crippen LogP contribution in [0.4, 0.5) is 0 Å². The second-order valence-electron chi connectivity index (χ2n) is 3.44. The molecule has 0 saturated heterocycles. The molecule has 1 unspecified atom stereocenters. The van der Waals surface area contributed by atoms with Crippen LogP contribution in [0.1, 0.15) is 33.1 Å². The molecule has 0 aromatic heterocycles. The number of carboxylic acids is 1. The molecule has 0 saturated carbocycles. The minimum absolute atomic E-state index is 0.00187. The van der Waals surface area contributed by atoms with E-state index in [2.05, 4.69) is 13.0 Å². The molecule has 1 N–H and O–H groups in total. The van der Waals surface area contributed by atoms with Crippen molar-refractivity contribution in [1.29, 1.82) is 5.26 Å². The van der Waals surface area contributed by atoms with Gasteiger partial charge in [0.05, 0.1) is 6.07 Å². The number of hydrogen-bond donors (Lipinski definition) is 1. The average Bonchev–Trinajstić information content (AvgIpc) is 2.23. The van der Waals surface area contributed by atoms with E-state index in [0.717, 1.165) is 15.7 Å². The van der Waals surface area contributed by atoms with Crippen molar-refractivity contribution in [2.24, 2.45) is 0 Å². The summed E-state index contributed by atoms with van der Waals surface area (Å²) in [4.78, 5) is 10.5. The second kappa shape index (κ2) is 7.93. The van der Waals surface area contributed by atoms with Gasteiger partial charge in [0.2, 0.25) is 0 Å². The highest BCUT2D eigenvalue weighted by atomic mass is 32.2. The maximum atomic E-state index is 10.5. The molecule has 0 aliphatic rings. The van der Waals surface area contributed by atoms with Gasteiger partial charge in [-0.05, 0) is 25.5 Å². The monoisotopic (exact) mass is 277 g/mol. The fraction of sp³-hybridized carbons (Fsp3) is 0.700. The summed E-state index contributed by atoms with van der Waals surface area (Å²) in [5, 5.41) is 17.6. The van der Waals surface area contributed by atoms with E-state index < -0.39 is 10.7 Å². The highest BCUT2D eigenvalue weighted by molar-refractivity contribution is 8.47. The molecule has 90 valence electrons. The number of carbonyl (C=O) groups is 1. The third-order valence-electron chi connectivity index (χ3n) is 1.79. The largest absolute Gasteiger partial charge is 0.481 e. The smallest absolute Gasteiger partial charge is 0.303 e. The van der Waals surface area contributed by atoms with Crippen molar-refractivity contribution < 1.29 is 9.90 Å². The maximum Gasteiger partial charge on any atom is 0.303 e. The van der Waals surface area contributed by atoms with Crippen LogP contribution < -0.4 is 0 Å². The van der Waals surface area contributed by atoms with Crippen LogP contribution in [-0.4, -0.2) is 25.1 Å². The standard InChI is InChI=1S/C10H15NO2S3/c1-3-6-15-9(14)16-10(2,7-11)5-4-8(12)13/h3-6H2,1-2H3,(H,12,13). The van der Waals surface area contributed by atoms with Gasteiger partial charge in [0.15, 0.2) is 0 Å². The molecular weight excluding hydrogens is 262 g/mol. The molecule has 3 nitrogen and oxygen atoms in total. The predicted octanol–water partition coefficient (Wildman–Crippen LogP) is 3.29. The minimum Gasteiger partial charge on any atom is -0.481 e. The van der Waals surface area contributed by atoms with Crippen LogP contribution in [0.3, 0.4) is 0 Å². The lowest BCUT2D eigenvalue weighted by Gasteiger charge is -2.19. The summed E-state index contributed by atoms with van der Waals surface area (Å²) < 4.78 is -0.00719. The summed E-state index contributed by atoms with van der Waals surface area (Å²) >= 11 is 7.99. The summed E-state index contributed by atoms with van der Waals surface area (Å²) in [6, 6.07) is 2.14. The van der Waals surface area contributed by atoms with Gasteiger partial charge in [0.1, 0.15) is 8.28 Å². The second-order valence-corrected chi connectivity index (χ2v) is 7.24. The Balaban J connectivity index is 4.20. The van der Waals surface area contributed by atoms with Crippen LogP contribution in [0.2, 0.25) is 0 Å². The van der Waals surface area contributed by atoms with Crippen molar-refractivity contribution in [1.82, 2.24) is 0 Å². The first-order valence-electron chi connectivity index (χ1n) is 4.92. The summed E-state index contributed by atoms with van der Waals surface area (Å²) in [5.74, 6) is 0.0564. The summed E-state index contributed by atoms with van der Waals surface area (Å²) in [6.45, 7) is 3.80. The lowest BCUT2D eigenvalue weighted by Crippen LogP contribution is -2.20. The van der Waals surface area contributed by atoms with E-state index >= 15 is 0 Å². The molecule has 6 heteroatoms. The molecule has 0 fully saturated rings. The van der Waals surface area contributed by atoms with Gasteiger partial charge < -0.3 is 5.11 Å². The number of thiocarbonyl (C=S) groups is 1. The normalized spacial score (nSPS) is 13.8. The van der Waals surface area contributed by atoms with Gasteiger partial charge in [0, 0.05) is 6.42 Å². The maximum absolute atomic E-state index is 10.5. The van der Waals surface area contributed by atoms with Crippen molar-refractivity contribution >= 4 is 45.2 Å². The Kier molecular flexibility index (Phi) is 7.81. The Morgan fingerprint density at radius 1 is 1.62 bits per heavy atom. The number of nitriles is 1. The molecule has 0 bridgehead atoms. The van der Waals surface area contributed by atoms with Crippen LogP contribution >= 0.6 is 35.7 Å². The van der Waals surface area contributed by atoms with Gasteiger partial charge in [-0.1, -0.05) is 30.9 Å². The third kappa shape index (κ3) is 7.09. The first-order valence-corrected chi connectivity index (χ1v) is 7.13. The Labute approximate surface area is 110 Å². The molecule has 0 spiro atoms. The van der Waals surface area contributed by atoms with Crippen LogP contribution in [0, 0.1) is 11.3 Å². The van der Waals surface area contributed by atoms with E-state index in [9.17, 15) is 4.79 Å². The summed E-state index contributed by atoms with van der Waals surface area (Å²) in [5.41, 5.74) is 0. The first kappa shape index (κ1) is 15.8. The summed E-state index contributed by atoms with van der Waals surface area (Å²) in [6.07, 6.45) is 1.35. The molecule has 1 atom stereocenters. The molecular formula is C10H15NO2S3. The SMILES string of the molecule is CCCSC(=S)SC(C)(C#N)CCC(=O)O. The Bertz CT molecular complexity index is 301. The molecule has 0 aromatic carbocycles. The van der Waals surface area contributed by atoms with Gasteiger partial charge in [0.25, 0.3) is 0 Å². The number of carboxylic acid groups (broad SMARTS) is 1. The van der Waals surface area contributed by atoms with Gasteiger partial charge in [-0.3, -0.25) is 4.79 Å². The quantitative estimate of drug-likeness (QED) is 0.752. The van der Waals surface area contributed by atoms with E-state index in [-0.39, 0.29) is 6.42 Å². The molecule has 16 heavy (non-hydrogen) atoms. The molecule has 0 aromatic rings. The zero-order valence-corrected chi connectivity index (χ0v) is 11.8. The Morgan fingerprint density at radius 3 is 2.69 bits per heavy atom. The van der Waals surface area contributed by atoms with E-state index in [1.54, 1.807) is 18.7 Å². The highest BCUT2D eigenvalue weighted by Gasteiger charge is 2.27. The zero-order chi connectivity index (χ0) is 12.6. The van der Waals surface area contributed by atoms with Crippen LogP contribution in [-0.2, 0) is 4.79 Å². The van der Waals surface area contributed by atoms with Crippen LogP contribution in [0.15, 0.2) is 0 Å². The first-order chi connectivity index (χ1) is 7.43. The molecule has 0 radical (unpaired) electrons. The van der Waals surface area contributed by atoms with E-state index in [1.165, 1.54) is 11.8 Å².